The van der Waals surface area contributed by atoms with Crippen LogP contribution in [0.2, 0.25) is 0 Å². The number of hydrogen-bond donors (Lipinski definition) is 3. The first-order chi connectivity index (χ1) is 8.60. The number of phenolic OH excluding ortho intramolecular Hbond substituents is 1. The number of rotatable bonds is 2. The monoisotopic (exact) mass is 302 g/mol. The predicted octanol–water partition coefficient (Wildman–Crippen LogP) is 0.639. The summed E-state index contributed by atoms with van der Waals surface area (Å²) in [4.78, 5) is -1.43. The SMILES string of the molecule is O=S(=O)(O)c1[c]c(O)c2[c]ccc(S(=O)(=O)O)c2c1. The van der Waals surface area contributed by atoms with Crippen molar-refractivity contribution in [3.63, 3.8) is 0 Å². The number of hydrogen-bond acceptors (Lipinski definition) is 5. The molecule has 2 aromatic rings. The van der Waals surface area contributed by atoms with Gasteiger partial charge in [0.15, 0.2) is 0 Å². The fourth-order valence-corrected chi connectivity index (χ4v) is 2.71. The maximum Gasteiger partial charge on any atom is 0.295 e. The summed E-state index contributed by atoms with van der Waals surface area (Å²) < 4.78 is 62.2. The predicted molar refractivity (Wildman–Crippen MR) is 62.9 cm³/mol. The summed E-state index contributed by atoms with van der Waals surface area (Å²) in [6.07, 6.45) is 0. The van der Waals surface area contributed by atoms with Crippen molar-refractivity contribution in [2.75, 3.05) is 0 Å². The average molecular weight is 302 g/mol. The van der Waals surface area contributed by atoms with Crippen molar-refractivity contribution in [2.45, 2.75) is 9.79 Å². The molecule has 7 nitrogen and oxygen atoms in total. The lowest BCUT2D eigenvalue weighted by Gasteiger charge is -2.06. The van der Waals surface area contributed by atoms with E-state index in [0.717, 1.165) is 18.2 Å². The molecule has 0 saturated heterocycles. The van der Waals surface area contributed by atoms with E-state index in [9.17, 15) is 21.9 Å². The molecule has 0 fully saturated rings. The Bertz CT molecular complexity index is 866. The maximum absolute atomic E-state index is 11.2. The van der Waals surface area contributed by atoms with Gasteiger partial charge in [0.1, 0.15) is 15.5 Å². The molecule has 0 unspecified atom stereocenters. The van der Waals surface area contributed by atoms with Gasteiger partial charge in [-0.2, -0.15) is 16.8 Å². The summed E-state index contributed by atoms with van der Waals surface area (Å²) in [7, 11) is -9.31. The zero-order valence-electron chi connectivity index (χ0n) is 9.02. The Morgan fingerprint density at radius 2 is 1.68 bits per heavy atom. The van der Waals surface area contributed by atoms with E-state index in [0.29, 0.717) is 0 Å². The van der Waals surface area contributed by atoms with Gasteiger partial charge in [-0.25, -0.2) is 0 Å². The molecule has 0 aromatic heterocycles. The number of benzene rings is 2. The Morgan fingerprint density at radius 3 is 2.21 bits per heavy atom. The van der Waals surface area contributed by atoms with Crippen LogP contribution in [0.3, 0.4) is 0 Å². The lowest BCUT2D eigenvalue weighted by Crippen LogP contribution is -2.02. The number of aromatic hydroxyl groups is 1. The van der Waals surface area contributed by atoms with Gasteiger partial charge in [-0.15, -0.1) is 0 Å². The minimum atomic E-state index is -4.68. The Morgan fingerprint density at radius 1 is 1.05 bits per heavy atom. The molecule has 2 rings (SSSR count). The van der Waals surface area contributed by atoms with E-state index in [1.807, 2.05) is 6.07 Å². The number of phenols is 1. The molecule has 0 amide bonds. The fraction of sp³-hybridized carbons (Fsp3) is 0. The minimum Gasteiger partial charge on any atom is -0.507 e. The van der Waals surface area contributed by atoms with Crippen molar-refractivity contribution in [1.29, 1.82) is 0 Å². The Balaban J connectivity index is 3.01. The van der Waals surface area contributed by atoms with E-state index >= 15 is 0 Å². The van der Waals surface area contributed by atoms with Crippen LogP contribution in [0.1, 0.15) is 0 Å². The third-order valence-electron chi connectivity index (χ3n) is 2.31. The van der Waals surface area contributed by atoms with Gasteiger partial charge in [0.2, 0.25) is 0 Å². The van der Waals surface area contributed by atoms with Crippen molar-refractivity contribution >= 4 is 31.0 Å². The molecule has 0 aliphatic heterocycles. The fourth-order valence-electron chi connectivity index (χ4n) is 1.54. The van der Waals surface area contributed by atoms with Gasteiger partial charge in [-0.3, -0.25) is 9.11 Å². The van der Waals surface area contributed by atoms with Gasteiger partial charge in [0.05, 0.1) is 6.07 Å². The highest BCUT2D eigenvalue weighted by atomic mass is 32.2. The summed E-state index contributed by atoms with van der Waals surface area (Å²) in [5.74, 6) is -0.712. The van der Waals surface area contributed by atoms with E-state index < -0.39 is 35.8 Å². The molecular formula is C10H6O7S2. The summed E-state index contributed by atoms with van der Waals surface area (Å²) >= 11 is 0. The summed E-state index contributed by atoms with van der Waals surface area (Å²) in [6.45, 7) is 0. The van der Waals surface area contributed by atoms with Gasteiger partial charge in [0.25, 0.3) is 20.2 Å². The summed E-state index contributed by atoms with van der Waals surface area (Å²) in [5, 5.41) is 9.12. The first kappa shape index (κ1) is 13.7. The van der Waals surface area contributed by atoms with Crippen molar-refractivity contribution in [3.05, 3.63) is 30.3 Å². The van der Waals surface area contributed by atoms with Crippen LogP contribution in [0.5, 0.6) is 5.75 Å². The van der Waals surface area contributed by atoms with Crippen LogP contribution < -0.4 is 0 Å². The zero-order chi connectivity index (χ0) is 14.4. The standard InChI is InChI=1S/C10H6O7S2/c11-9-5-6(18(12,13)14)4-8-7(9)2-1-3-10(8)19(15,16)17/h1,3-4,11H,(H,12,13,14)(H,15,16,17). The van der Waals surface area contributed by atoms with Crippen LogP contribution in [0.4, 0.5) is 0 Å². The zero-order valence-corrected chi connectivity index (χ0v) is 10.7. The van der Waals surface area contributed by atoms with E-state index in [2.05, 4.69) is 6.07 Å². The number of fused-ring (bicyclic) bond motifs is 1. The minimum absolute atomic E-state index is 0.150. The molecule has 0 atom stereocenters. The average Bonchev–Trinajstić information content (AvgIpc) is 2.25. The van der Waals surface area contributed by atoms with Crippen molar-refractivity contribution in [3.8, 4) is 5.75 Å². The molecule has 19 heavy (non-hydrogen) atoms. The first-order valence-electron chi connectivity index (χ1n) is 4.65. The quantitative estimate of drug-likeness (QED) is 0.694. The third-order valence-corrected chi connectivity index (χ3v) is 3.99. The highest BCUT2D eigenvalue weighted by molar-refractivity contribution is 7.86. The Hall–Kier alpha value is -1.68. The lowest BCUT2D eigenvalue weighted by atomic mass is 10.1. The van der Waals surface area contributed by atoms with Crippen LogP contribution in [0.15, 0.2) is 28.0 Å². The second kappa shape index (κ2) is 4.17. The Labute approximate surface area is 108 Å². The molecule has 9 heteroatoms. The van der Waals surface area contributed by atoms with Gasteiger partial charge in [-0.05, 0) is 18.2 Å². The molecule has 0 saturated carbocycles. The smallest absolute Gasteiger partial charge is 0.295 e. The van der Waals surface area contributed by atoms with Crippen LogP contribution in [0.25, 0.3) is 10.8 Å². The molecular weight excluding hydrogens is 296 g/mol. The molecule has 2 radical (unpaired) electrons. The normalized spacial score (nSPS) is 12.7. The van der Waals surface area contributed by atoms with Crippen LogP contribution in [0, 0.1) is 12.1 Å². The molecule has 0 aliphatic rings. The lowest BCUT2D eigenvalue weighted by molar-refractivity contribution is 0.469. The largest absolute Gasteiger partial charge is 0.507 e. The second-order valence-corrected chi connectivity index (χ2v) is 6.34. The molecule has 2 aromatic carbocycles. The van der Waals surface area contributed by atoms with E-state index in [-0.39, 0.29) is 10.8 Å². The van der Waals surface area contributed by atoms with Crippen molar-refractivity contribution < 1.29 is 31.0 Å². The Kier molecular flexibility index (Phi) is 3.01. The van der Waals surface area contributed by atoms with Gasteiger partial charge < -0.3 is 5.11 Å². The maximum atomic E-state index is 11.2. The summed E-state index contributed by atoms with van der Waals surface area (Å²) in [6, 6.07) is 7.33. The summed E-state index contributed by atoms with van der Waals surface area (Å²) in [5.41, 5.74) is 0. The topological polar surface area (TPSA) is 129 Å². The van der Waals surface area contributed by atoms with Crippen molar-refractivity contribution in [1.82, 2.24) is 0 Å². The molecule has 0 spiro atoms. The van der Waals surface area contributed by atoms with Gasteiger partial charge in [-0.1, -0.05) is 6.07 Å². The third kappa shape index (κ3) is 2.54. The molecule has 100 valence electrons. The van der Waals surface area contributed by atoms with Gasteiger partial charge in [0, 0.05) is 10.8 Å². The van der Waals surface area contributed by atoms with Crippen LogP contribution in [-0.2, 0) is 20.2 Å². The van der Waals surface area contributed by atoms with Gasteiger partial charge >= 0.3 is 0 Å². The first-order valence-corrected chi connectivity index (χ1v) is 7.53. The highest BCUT2D eigenvalue weighted by Crippen LogP contribution is 2.31. The van der Waals surface area contributed by atoms with Crippen LogP contribution in [-0.4, -0.2) is 31.0 Å². The van der Waals surface area contributed by atoms with E-state index in [1.54, 1.807) is 0 Å². The molecule has 0 heterocycles. The van der Waals surface area contributed by atoms with Crippen LogP contribution >= 0.6 is 0 Å². The second-order valence-electron chi connectivity index (χ2n) is 3.56. The van der Waals surface area contributed by atoms with E-state index in [4.69, 9.17) is 9.11 Å². The van der Waals surface area contributed by atoms with Crippen molar-refractivity contribution in [2.24, 2.45) is 0 Å². The highest BCUT2D eigenvalue weighted by Gasteiger charge is 2.19. The molecule has 3 N–H and O–H groups in total. The molecule has 0 bridgehead atoms. The molecule has 0 aliphatic carbocycles. The van der Waals surface area contributed by atoms with E-state index in [1.165, 1.54) is 0 Å².